The van der Waals surface area contributed by atoms with Crippen LogP contribution in [0.1, 0.15) is 17.7 Å². The molecule has 1 aromatic heterocycles. The van der Waals surface area contributed by atoms with Crippen LogP contribution in [0, 0.1) is 11.8 Å². The minimum Gasteiger partial charge on any atom is -0.330 e. The Hall–Kier alpha value is 0.140. The van der Waals surface area contributed by atoms with Crippen molar-refractivity contribution in [3.05, 3.63) is 20.8 Å². The van der Waals surface area contributed by atoms with E-state index in [1.54, 1.807) is 0 Å². The molecule has 1 aliphatic carbocycles. The maximum atomic E-state index is 5.68. The first-order valence-corrected chi connectivity index (χ1v) is 6.40. The number of rotatable bonds is 3. The third-order valence-corrected chi connectivity index (χ3v) is 4.68. The maximum Gasteiger partial charge on any atom is 0.0285 e. The van der Waals surface area contributed by atoms with Crippen molar-refractivity contribution in [2.75, 3.05) is 6.54 Å². The van der Waals surface area contributed by atoms with E-state index >= 15 is 0 Å². The Kier molecular flexibility index (Phi) is 3.06. The second-order valence-corrected chi connectivity index (χ2v) is 5.68. The molecule has 2 N–H and O–H groups in total. The van der Waals surface area contributed by atoms with E-state index in [0.717, 1.165) is 18.4 Å². The summed E-state index contributed by atoms with van der Waals surface area (Å²) < 4.78 is 1.22. The number of hydrogen-bond donors (Lipinski definition) is 1. The van der Waals surface area contributed by atoms with Crippen LogP contribution in [0.2, 0.25) is 0 Å². The molecule has 2 unspecified atom stereocenters. The standard InChI is InChI=1S/C10H14BrNS/c11-9-4-10(13-6-9)3-7-1-2-8(7)5-12/h4,6-8H,1-3,5,12H2. The van der Waals surface area contributed by atoms with Crippen molar-refractivity contribution < 1.29 is 0 Å². The molecule has 0 bridgehead atoms. The minimum atomic E-state index is 0.792. The normalized spacial score (nSPS) is 27.2. The second kappa shape index (κ2) is 4.11. The predicted molar refractivity (Wildman–Crippen MR) is 61.0 cm³/mol. The molecule has 0 radical (unpaired) electrons. The Bertz CT molecular complexity index is 282. The lowest BCUT2D eigenvalue weighted by molar-refractivity contribution is 0.184. The van der Waals surface area contributed by atoms with Crippen molar-refractivity contribution >= 4 is 27.3 Å². The summed E-state index contributed by atoms with van der Waals surface area (Å²) in [5, 5.41) is 2.16. The first-order chi connectivity index (χ1) is 6.29. The van der Waals surface area contributed by atoms with Crippen LogP contribution < -0.4 is 5.73 Å². The smallest absolute Gasteiger partial charge is 0.0285 e. The maximum absolute atomic E-state index is 5.68. The number of hydrogen-bond acceptors (Lipinski definition) is 2. The molecular formula is C10H14BrNS. The van der Waals surface area contributed by atoms with Gasteiger partial charge in [-0.15, -0.1) is 11.3 Å². The van der Waals surface area contributed by atoms with Gasteiger partial charge < -0.3 is 5.73 Å². The fraction of sp³-hybridized carbons (Fsp3) is 0.600. The van der Waals surface area contributed by atoms with Gasteiger partial charge in [-0.3, -0.25) is 0 Å². The van der Waals surface area contributed by atoms with E-state index < -0.39 is 0 Å². The second-order valence-electron chi connectivity index (χ2n) is 3.77. The third-order valence-electron chi connectivity index (χ3n) is 2.96. The van der Waals surface area contributed by atoms with E-state index in [1.165, 1.54) is 28.6 Å². The van der Waals surface area contributed by atoms with Crippen LogP contribution in [-0.2, 0) is 6.42 Å². The Morgan fingerprint density at radius 3 is 2.69 bits per heavy atom. The molecule has 0 amide bonds. The zero-order chi connectivity index (χ0) is 9.26. The van der Waals surface area contributed by atoms with E-state index in [2.05, 4.69) is 27.4 Å². The molecule has 0 saturated heterocycles. The first-order valence-electron chi connectivity index (χ1n) is 4.72. The van der Waals surface area contributed by atoms with Crippen LogP contribution in [0.5, 0.6) is 0 Å². The van der Waals surface area contributed by atoms with Gasteiger partial charge in [0.05, 0.1) is 0 Å². The summed E-state index contributed by atoms with van der Waals surface area (Å²) in [6.07, 6.45) is 3.95. The molecule has 2 atom stereocenters. The highest BCUT2D eigenvalue weighted by Crippen LogP contribution is 2.37. The summed E-state index contributed by atoms with van der Waals surface area (Å²) in [5.41, 5.74) is 5.68. The van der Waals surface area contributed by atoms with E-state index in [1.807, 2.05) is 11.3 Å². The van der Waals surface area contributed by atoms with Crippen LogP contribution in [0.3, 0.4) is 0 Å². The Morgan fingerprint density at radius 1 is 1.46 bits per heavy atom. The van der Waals surface area contributed by atoms with E-state index in [0.29, 0.717) is 0 Å². The zero-order valence-corrected chi connectivity index (χ0v) is 9.90. The van der Waals surface area contributed by atoms with Gasteiger partial charge in [0.1, 0.15) is 0 Å². The molecule has 0 aliphatic heterocycles. The van der Waals surface area contributed by atoms with Gasteiger partial charge in [0, 0.05) is 14.7 Å². The molecule has 72 valence electrons. The van der Waals surface area contributed by atoms with Gasteiger partial charge in [-0.2, -0.15) is 0 Å². The van der Waals surface area contributed by atoms with Crippen LogP contribution in [0.4, 0.5) is 0 Å². The molecule has 13 heavy (non-hydrogen) atoms. The molecule has 1 aliphatic rings. The van der Waals surface area contributed by atoms with Crippen molar-refractivity contribution in [1.82, 2.24) is 0 Å². The summed E-state index contributed by atoms with van der Waals surface area (Å²) in [6.45, 7) is 0.872. The molecule has 3 heteroatoms. The van der Waals surface area contributed by atoms with Crippen molar-refractivity contribution in [2.24, 2.45) is 17.6 Å². The third kappa shape index (κ3) is 2.14. The van der Waals surface area contributed by atoms with Crippen molar-refractivity contribution in [3.8, 4) is 0 Å². The molecule has 0 spiro atoms. The number of nitrogens with two attached hydrogens (primary N) is 1. The van der Waals surface area contributed by atoms with Gasteiger partial charge in [0.15, 0.2) is 0 Å². The number of halogens is 1. The van der Waals surface area contributed by atoms with Crippen LogP contribution in [-0.4, -0.2) is 6.54 Å². The van der Waals surface area contributed by atoms with Crippen LogP contribution in [0.25, 0.3) is 0 Å². The molecule has 1 nitrogen and oxygen atoms in total. The highest BCUT2D eigenvalue weighted by atomic mass is 79.9. The van der Waals surface area contributed by atoms with Gasteiger partial charge >= 0.3 is 0 Å². The van der Waals surface area contributed by atoms with Crippen LogP contribution >= 0.6 is 27.3 Å². The van der Waals surface area contributed by atoms with Crippen LogP contribution in [0.15, 0.2) is 15.9 Å². The molecular weight excluding hydrogens is 246 g/mol. The first kappa shape index (κ1) is 9.69. The molecule has 1 heterocycles. The predicted octanol–water partition coefficient (Wildman–Crippen LogP) is 3.04. The quantitative estimate of drug-likeness (QED) is 0.888. The lowest BCUT2D eigenvalue weighted by Gasteiger charge is -2.35. The average Bonchev–Trinajstić information content (AvgIpc) is 2.46. The summed E-state index contributed by atoms with van der Waals surface area (Å²) in [5.74, 6) is 1.65. The van der Waals surface area contributed by atoms with E-state index in [9.17, 15) is 0 Å². The molecule has 0 aromatic carbocycles. The van der Waals surface area contributed by atoms with Gasteiger partial charge in [0.2, 0.25) is 0 Å². The Morgan fingerprint density at radius 2 is 2.23 bits per heavy atom. The van der Waals surface area contributed by atoms with Crippen molar-refractivity contribution in [3.63, 3.8) is 0 Å². The van der Waals surface area contributed by atoms with E-state index in [4.69, 9.17) is 5.73 Å². The minimum absolute atomic E-state index is 0.792. The summed E-state index contributed by atoms with van der Waals surface area (Å²) in [7, 11) is 0. The van der Waals surface area contributed by atoms with Crippen molar-refractivity contribution in [1.29, 1.82) is 0 Å². The lowest BCUT2D eigenvalue weighted by atomic mass is 9.72. The Labute approximate surface area is 91.5 Å². The average molecular weight is 260 g/mol. The monoisotopic (exact) mass is 259 g/mol. The molecule has 2 rings (SSSR count). The molecule has 1 aromatic rings. The topological polar surface area (TPSA) is 26.0 Å². The molecule has 1 saturated carbocycles. The fourth-order valence-corrected chi connectivity index (χ4v) is 3.48. The largest absolute Gasteiger partial charge is 0.330 e. The van der Waals surface area contributed by atoms with Gasteiger partial charge in [-0.1, -0.05) is 0 Å². The fourth-order valence-electron chi connectivity index (χ4n) is 1.94. The summed E-state index contributed by atoms with van der Waals surface area (Å²) in [6, 6.07) is 2.23. The Balaban J connectivity index is 1.91. The van der Waals surface area contributed by atoms with E-state index in [-0.39, 0.29) is 0 Å². The highest BCUT2D eigenvalue weighted by Gasteiger charge is 2.29. The lowest BCUT2D eigenvalue weighted by Crippen LogP contribution is -2.33. The van der Waals surface area contributed by atoms with Gasteiger partial charge in [-0.05, 0) is 59.6 Å². The zero-order valence-electron chi connectivity index (χ0n) is 7.50. The van der Waals surface area contributed by atoms with Gasteiger partial charge in [-0.25, -0.2) is 0 Å². The molecule has 1 fully saturated rings. The SMILES string of the molecule is NCC1CCC1Cc1cc(Br)cs1. The highest BCUT2D eigenvalue weighted by molar-refractivity contribution is 9.10. The number of thiophene rings is 1. The van der Waals surface area contributed by atoms with Crippen molar-refractivity contribution in [2.45, 2.75) is 19.3 Å². The van der Waals surface area contributed by atoms with Gasteiger partial charge in [0.25, 0.3) is 0 Å². The summed E-state index contributed by atoms with van der Waals surface area (Å²) in [4.78, 5) is 1.50. The summed E-state index contributed by atoms with van der Waals surface area (Å²) >= 11 is 5.33.